The summed E-state index contributed by atoms with van der Waals surface area (Å²) in [6, 6.07) is 1.12. The lowest BCUT2D eigenvalue weighted by Gasteiger charge is -2.45. The molecular weight excluding hydrogens is 448 g/mol. The van der Waals surface area contributed by atoms with Crippen LogP contribution in [0.3, 0.4) is 0 Å². The van der Waals surface area contributed by atoms with Crippen LogP contribution in [0.5, 0.6) is 5.75 Å². The normalized spacial score (nSPS) is 17.6. The van der Waals surface area contributed by atoms with Gasteiger partial charge in [-0.05, 0) is 44.6 Å². The molecule has 2 aromatic rings. The van der Waals surface area contributed by atoms with Gasteiger partial charge in [0.2, 0.25) is 5.13 Å². The molecule has 0 saturated heterocycles. The summed E-state index contributed by atoms with van der Waals surface area (Å²) in [4.78, 5) is 2.83. The zero-order chi connectivity index (χ0) is 22.6. The molecule has 0 spiro atoms. The quantitative estimate of drug-likeness (QED) is 0.455. The summed E-state index contributed by atoms with van der Waals surface area (Å²) >= 11 is 0.774. The summed E-state index contributed by atoms with van der Waals surface area (Å²) in [6.07, 6.45) is 6.13. The van der Waals surface area contributed by atoms with Crippen LogP contribution < -0.4 is 20.9 Å². The zero-order valence-corrected chi connectivity index (χ0v) is 18.8. The van der Waals surface area contributed by atoms with E-state index in [-0.39, 0.29) is 34.9 Å². The maximum Gasteiger partial charge on any atom is 0.266 e. The van der Waals surface area contributed by atoms with Gasteiger partial charge in [0.25, 0.3) is 10.0 Å². The van der Waals surface area contributed by atoms with Crippen molar-refractivity contribution < 1.29 is 21.9 Å². The van der Waals surface area contributed by atoms with Crippen molar-refractivity contribution in [3.05, 3.63) is 30.1 Å². The summed E-state index contributed by atoms with van der Waals surface area (Å²) in [5.41, 5.74) is 12.0. The van der Waals surface area contributed by atoms with E-state index in [0.717, 1.165) is 56.0 Å². The Morgan fingerprint density at radius 3 is 2.61 bits per heavy atom. The van der Waals surface area contributed by atoms with Crippen LogP contribution in [0, 0.1) is 23.0 Å². The van der Waals surface area contributed by atoms with Gasteiger partial charge in [-0.25, -0.2) is 22.2 Å². The first-order valence-electron chi connectivity index (χ1n) is 10.0. The number of nitrogens with two attached hydrogens (primary N) is 2. The van der Waals surface area contributed by atoms with Gasteiger partial charge in [-0.1, -0.05) is 6.42 Å². The van der Waals surface area contributed by atoms with Gasteiger partial charge < -0.3 is 16.2 Å². The Morgan fingerprint density at radius 1 is 1.32 bits per heavy atom. The lowest BCUT2D eigenvalue weighted by Crippen LogP contribution is -2.40. The minimum atomic E-state index is -4.37. The third kappa shape index (κ3) is 5.68. The van der Waals surface area contributed by atoms with Gasteiger partial charge in [0.15, 0.2) is 11.6 Å². The summed E-state index contributed by atoms with van der Waals surface area (Å²) in [7, 11) is -4.37. The lowest BCUT2D eigenvalue weighted by molar-refractivity contribution is 0.0616. The molecule has 1 aromatic heterocycles. The molecule has 3 rings (SSSR count). The van der Waals surface area contributed by atoms with Crippen molar-refractivity contribution in [1.29, 1.82) is 0 Å². The van der Waals surface area contributed by atoms with Crippen molar-refractivity contribution in [3.8, 4) is 5.75 Å². The maximum absolute atomic E-state index is 14.6. The molecule has 1 aliphatic carbocycles. The predicted octanol–water partition coefficient (Wildman–Crippen LogP) is 2.87. The molecule has 2 atom stereocenters. The number of halogens is 2. The summed E-state index contributed by atoms with van der Waals surface area (Å²) in [5, 5.41) is -0.0534. The molecule has 1 heterocycles. The molecular formula is C19H27F2N5O3S2. The highest BCUT2D eigenvalue weighted by atomic mass is 32.2. The number of nitrogens with zero attached hydrogens (tertiary/aromatic N) is 2. The summed E-state index contributed by atoms with van der Waals surface area (Å²) < 4.78 is 65.1. The molecule has 0 aliphatic heterocycles. The first kappa shape index (κ1) is 23.8. The number of sulfonamides is 1. The van der Waals surface area contributed by atoms with E-state index < -0.39 is 26.6 Å². The predicted molar refractivity (Wildman–Crippen MR) is 114 cm³/mol. The number of aromatic nitrogens is 2. The molecule has 0 amide bonds. The van der Waals surface area contributed by atoms with Crippen LogP contribution in [0.15, 0.2) is 23.4 Å². The van der Waals surface area contributed by atoms with Crippen molar-refractivity contribution in [2.75, 3.05) is 17.9 Å². The molecule has 1 saturated carbocycles. The number of anilines is 1. The molecule has 172 valence electrons. The average Bonchev–Trinajstić information content (AvgIpc) is 3.16. The first-order valence-corrected chi connectivity index (χ1v) is 12.3. The van der Waals surface area contributed by atoms with Gasteiger partial charge in [0.05, 0.1) is 6.61 Å². The zero-order valence-electron chi connectivity index (χ0n) is 17.2. The van der Waals surface area contributed by atoms with Crippen LogP contribution >= 0.6 is 11.5 Å². The second-order valence-corrected chi connectivity index (χ2v) is 10.5. The molecule has 0 bridgehead atoms. The third-order valence-corrected chi connectivity index (χ3v) is 7.90. The largest absolute Gasteiger partial charge is 0.490 e. The highest BCUT2D eigenvalue weighted by Crippen LogP contribution is 2.48. The Kier molecular flexibility index (Phi) is 7.45. The fraction of sp³-hybridized carbons (Fsp3) is 0.579. The smallest absolute Gasteiger partial charge is 0.266 e. The molecule has 1 aromatic carbocycles. The molecule has 0 radical (unpaired) electrons. The number of hydrogen-bond donors (Lipinski definition) is 3. The van der Waals surface area contributed by atoms with Crippen LogP contribution in [-0.4, -0.2) is 37.0 Å². The van der Waals surface area contributed by atoms with E-state index in [1.54, 1.807) is 0 Å². The third-order valence-electron chi connectivity index (χ3n) is 5.84. The minimum absolute atomic E-state index is 0.0534. The van der Waals surface area contributed by atoms with Gasteiger partial charge in [0.1, 0.15) is 17.0 Å². The molecule has 1 aliphatic rings. The fourth-order valence-electron chi connectivity index (χ4n) is 3.90. The number of benzene rings is 1. The second kappa shape index (κ2) is 9.72. The van der Waals surface area contributed by atoms with E-state index >= 15 is 0 Å². The Balaban J connectivity index is 1.72. The molecule has 12 heteroatoms. The monoisotopic (exact) mass is 475 g/mol. The fourth-order valence-corrected chi connectivity index (χ4v) is 5.64. The van der Waals surface area contributed by atoms with E-state index in [0.29, 0.717) is 12.6 Å². The van der Waals surface area contributed by atoms with E-state index in [2.05, 4.69) is 14.1 Å². The van der Waals surface area contributed by atoms with Crippen molar-refractivity contribution >= 4 is 26.7 Å². The number of hydrogen-bond acceptors (Lipinski definition) is 8. The molecule has 5 N–H and O–H groups in total. The molecule has 1 fully saturated rings. The van der Waals surface area contributed by atoms with Gasteiger partial charge >= 0.3 is 0 Å². The molecule has 8 nitrogen and oxygen atoms in total. The van der Waals surface area contributed by atoms with Crippen LogP contribution in [0.4, 0.5) is 13.9 Å². The maximum atomic E-state index is 14.6. The molecule has 31 heavy (non-hydrogen) atoms. The summed E-state index contributed by atoms with van der Waals surface area (Å²) in [6.45, 7) is 2.54. The topological polar surface area (TPSA) is 133 Å². The standard InChI is InChI=1S/C19H27F2N5O3S2/c1-12(23)13(9-19(5-6-22)3-2-4-19)10-29-16-7-15(21)17(8-14(16)20)31(27,28)26-18-24-11-25-30-18/h7-8,11-13H,2-6,9-10,22-23H2,1H3,(H,24,25,26)/t12-,13?/m1/s1. The number of ether oxygens (including phenoxy) is 1. The Hall–Kier alpha value is -1.89. The lowest BCUT2D eigenvalue weighted by atomic mass is 9.62. The van der Waals surface area contributed by atoms with Gasteiger partial charge in [-0.15, -0.1) is 0 Å². The highest BCUT2D eigenvalue weighted by molar-refractivity contribution is 7.93. The Bertz CT molecular complexity index is 983. The Morgan fingerprint density at radius 2 is 2.06 bits per heavy atom. The first-order chi connectivity index (χ1) is 14.7. The number of nitrogens with one attached hydrogen (secondary N) is 1. The average molecular weight is 476 g/mol. The second-order valence-electron chi connectivity index (χ2n) is 8.09. The van der Waals surface area contributed by atoms with Gasteiger partial charge in [-0.2, -0.15) is 4.37 Å². The van der Waals surface area contributed by atoms with Gasteiger partial charge in [0, 0.05) is 35.6 Å². The van der Waals surface area contributed by atoms with Crippen molar-refractivity contribution in [1.82, 2.24) is 9.36 Å². The number of rotatable bonds is 11. The van der Waals surface area contributed by atoms with Crippen LogP contribution in [0.1, 0.15) is 39.0 Å². The molecule has 1 unspecified atom stereocenters. The summed E-state index contributed by atoms with van der Waals surface area (Å²) in [5.74, 6) is -2.55. The van der Waals surface area contributed by atoms with E-state index in [1.165, 1.54) is 0 Å². The van der Waals surface area contributed by atoms with Crippen LogP contribution in [0.25, 0.3) is 0 Å². The van der Waals surface area contributed by atoms with E-state index in [1.807, 2.05) is 6.92 Å². The minimum Gasteiger partial charge on any atom is -0.490 e. The van der Waals surface area contributed by atoms with Crippen molar-refractivity contribution in [3.63, 3.8) is 0 Å². The highest BCUT2D eigenvalue weighted by Gasteiger charge is 2.39. The SMILES string of the molecule is C[C@@H](N)C(COc1cc(F)c(S(=O)(=O)Nc2ncns2)cc1F)CC1(CCN)CCC1. The van der Waals surface area contributed by atoms with Crippen LogP contribution in [-0.2, 0) is 10.0 Å². The van der Waals surface area contributed by atoms with Gasteiger partial charge in [-0.3, -0.25) is 4.72 Å². The van der Waals surface area contributed by atoms with Crippen molar-refractivity contribution in [2.24, 2.45) is 22.8 Å². The van der Waals surface area contributed by atoms with Crippen molar-refractivity contribution in [2.45, 2.75) is 50.0 Å². The van der Waals surface area contributed by atoms with E-state index in [9.17, 15) is 17.2 Å². The van der Waals surface area contributed by atoms with Crippen LogP contribution in [0.2, 0.25) is 0 Å². The van der Waals surface area contributed by atoms with E-state index in [4.69, 9.17) is 16.2 Å². The Labute approximate surface area is 184 Å².